The summed E-state index contributed by atoms with van der Waals surface area (Å²) < 4.78 is 5.28. The lowest BCUT2D eigenvalue weighted by molar-refractivity contribution is -0.156. The van der Waals surface area contributed by atoms with Gasteiger partial charge in [0.2, 0.25) is 11.8 Å². The molecule has 0 aliphatic carbocycles. The minimum Gasteiger partial charge on any atom is -0.380 e. The van der Waals surface area contributed by atoms with Crippen molar-refractivity contribution in [3.63, 3.8) is 0 Å². The number of nitrogens with zero attached hydrogens (tertiary/aromatic N) is 1. The van der Waals surface area contributed by atoms with Gasteiger partial charge in [-0.15, -0.1) is 0 Å². The Morgan fingerprint density at radius 2 is 2.00 bits per heavy atom. The Balaban J connectivity index is 2.78. The van der Waals surface area contributed by atoms with Crippen LogP contribution in [0.4, 0.5) is 0 Å². The second-order valence-corrected chi connectivity index (χ2v) is 5.06. The van der Waals surface area contributed by atoms with Crippen molar-refractivity contribution in [1.29, 1.82) is 0 Å². The summed E-state index contributed by atoms with van der Waals surface area (Å²) in [6.07, 6.45) is 1.56. The number of carbonyl (C=O) groups is 2. The summed E-state index contributed by atoms with van der Waals surface area (Å²) in [5.41, 5.74) is -0.793. The number of hydrogen-bond donors (Lipinski definition) is 1. The predicted octanol–water partition coefficient (Wildman–Crippen LogP) is 0.929. The van der Waals surface area contributed by atoms with Crippen LogP contribution in [0, 0.1) is 0 Å². The molecule has 1 saturated heterocycles. The molecular weight excluding hydrogens is 232 g/mol. The quantitative estimate of drug-likeness (QED) is 0.719. The van der Waals surface area contributed by atoms with Crippen molar-refractivity contribution in [2.24, 2.45) is 0 Å². The highest BCUT2D eigenvalue weighted by Crippen LogP contribution is 2.22. The third-order valence-corrected chi connectivity index (χ3v) is 3.34. The van der Waals surface area contributed by atoms with Crippen molar-refractivity contribution in [1.82, 2.24) is 10.2 Å². The average molecular weight is 256 g/mol. The number of rotatable bonds is 6. The van der Waals surface area contributed by atoms with Crippen LogP contribution in [0.1, 0.15) is 40.5 Å². The summed E-state index contributed by atoms with van der Waals surface area (Å²) in [6.45, 7) is 9.01. The molecule has 5 nitrogen and oxygen atoms in total. The van der Waals surface area contributed by atoms with E-state index in [1.54, 1.807) is 18.7 Å². The fourth-order valence-corrected chi connectivity index (χ4v) is 2.16. The largest absolute Gasteiger partial charge is 0.380 e. The molecule has 18 heavy (non-hydrogen) atoms. The van der Waals surface area contributed by atoms with E-state index in [4.69, 9.17) is 4.74 Å². The minimum atomic E-state index is -0.793. The van der Waals surface area contributed by atoms with E-state index in [1.165, 1.54) is 0 Å². The second kappa shape index (κ2) is 6.18. The number of hydrogen-bond acceptors (Lipinski definition) is 3. The Kier molecular flexibility index (Phi) is 5.14. The zero-order valence-corrected chi connectivity index (χ0v) is 11.8. The monoisotopic (exact) mass is 256 g/mol. The third kappa shape index (κ3) is 3.02. The zero-order chi connectivity index (χ0) is 13.8. The van der Waals surface area contributed by atoms with Crippen LogP contribution in [-0.4, -0.2) is 48.1 Å². The van der Waals surface area contributed by atoms with Crippen molar-refractivity contribution in [3.05, 3.63) is 0 Å². The normalized spacial score (nSPS) is 23.1. The van der Waals surface area contributed by atoms with Crippen molar-refractivity contribution >= 4 is 11.8 Å². The molecule has 0 aromatic heterocycles. The molecule has 104 valence electrons. The Morgan fingerprint density at radius 3 is 2.56 bits per heavy atom. The van der Waals surface area contributed by atoms with E-state index in [9.17, 15) is 9.59 Å². The molecule has 0 bridgehead atoms. The highest BCUT2D eigenvalue weighted by molar-refractivity contribution is 5.99. The first-order valence-corrected chi connectivity index (χ1v) is 6.65. The van der Waals surface area contributed by atoms with E-state index in [-0.39, 0.29) is 17.9 Å². The summed E-state index contributed by atoms with van der Waals surface area (Å²) in [5.74, 6) is -0.0850. The summed E-state index contributed by atoms with van der Waals surface area (Å²) in [7, 11) is 0. The lowest BCUT2D eigenvalue weighted by Gasteiger charge is -2.44. The lowest BCUT2D eigenvalue weighted by atomic mass is 9.94. The van der Waals surface area contributed by atoms with E-state index < -0.39 is 5.54 Å². The SMILES string of the molecule is CCCC1NC(=O)C(C)(C)N(CCOCC)C1=O. The van der Waals surface area contributed by atoms with Crippen LogP contribution in [0.5, 0.6) is 0 Å². The van der Waals surface area contributed by atoms with Crippen LogP contribution >= 0.6 is 0 Å². The summed E-state index contributed by atoms with van der Waals surface area (Å²) in [6, 6.07) is -0.378. The van der Waals surface area contributed by atoms with Crippen LogP contribution in [-0.2, 0) is 14.3 Å². The number of ether oxygens (including phenoxy) is 1. The fourth-order valence-electron chi connectivity index (χ4n) is 2.16. The third-order valence-electron chi connectivity index (χ3n) is 3.34. The van der Waals surface area contributed by atoms with Gasteiger partial charge in [0.25, 0.3) is 0 Å². The Bertz CT molecular complexity index is 315. The molecule has 0 aromatic rings. The second-order valence-electron chi connectivity index (χ2n) is 5.06. The van der Waals surface area contributed by atoms with Gasteiger partial charge in [-0.2, -0.15) is 0 Å². The first-order valence-electron chi connectivity index (χ1n) is 6.65. The van der Waals surface area contributed by atoms with Gasteiger partial charge in [-0.1, -0.05) is 13.3 Å². The standard InChI is InChI=1S/C13H24N2O3/c1-5-7-10-11(16)15(8-9-18-6-2)13(3,4)12(17)14-10/h10H,5-9H2,1-4H3,(H,14,17). The minimum absolute atomic E-state index is 0.00107. The van der Waals surface area contributed by atoms with Crippen LogP contribution in [0.3, 0.4) is 0 Å². The highest BCUT2D eigenvalue weighted by Gasteiger charge is 2.45. The maximum atomic E-state index is 12.3. The summed E-state index contributed by atoms with van der Waals surface area (Å²) in [5, 5.41) is 2.81. The summed E-state index contributed by atoms with van der Waals surface area (Å²) >= 11 is 0. The molecule has 0 aromatic carbocycles. The van der Waals surface area contributed by atoms with Crippen molar-refractivity contribution in [2.45, 2.75) is 52.1 Å². The Hall–Kier alpha value is -1.10. The molecule has 1 aliphatic rings. The number of amides is 2. The molecule has 1 N–H and O–H groups in total. The molecule has 5 heteroatoms. The molecule has 1 atom stereocenters. The fraction of sp³-hybridized carbons (Fsp3) is 0.846. The smallest absolute Gasteiger partial charge is 0.246 e. The maximum absolute atomic E-state index is 12.3. The van der Waals surface area contributed by atoms with Crippen LogP contribution in [0.15, 0.2) is 0 Å². The van der Waals surface area contributed by atoms with Crippen LogP contribution < -0.4 is 5.32 Å². The van der Waals surface area contributed by atoms with Gasteiger partial charge in [0.05, 0.1) is 6.61 Å². The molecule has 1 fully saturated rings. The Labute approximate surface area is 109 Å². The number of nitrogens with one attached hydrogen (secondary N) is 1. The van der Waals surface area contributed by atoms with Gasteiger partial charge in [-0.3, -0.25) is 9.59 Å². The summed E-state index contributed by atoms with van der Waals surface area (Å²) in [4.78, 5) is 26.0. The van der Waals surface area contributed by atoms with Crippen molar-refractivity contribution in [3.8, 4) is 0 Å². The van der Waals surface area contributed by atoms with Gasteiger partial charge in [0, 0.05) is 13.2 Å². The molecule has 0 spiro atoms. The molecule has 1 unspecified atom stereocenters. The van der Waals surface area contributed by atoms with Gasteiger partial charge in [0.1, 0.15) is 11.6 Å². The van der Waals surface area contributed by atoms with Gasteiger partial charge in [-0.25, -0.2) is 0 Å². The van der Waals surface area contributed by atoms with Gasteiger partial charge in [0.15, 0.2) is 0 Å². The first-order chi connectivity index (χ1) is 8.45. The van der Waals surface area contributed by atoms with Crippen LogP contribution in [0.2, 0.25) is 0 Å². The predicted molar refractivity (Wildman–Crippen MR) is 69.1 cm³/mol. The number of carbonyl (C=O) groups excluding carboxylic acids is 2. The van der Waals surface area contributed by atoms with Crippen LogP contribution in [0.25, 0.3) is 0 Å². The van der Waals surface area contributed by atoms with Crippen molar-refractivity contribution < 1.29 is 14.3 Å². The topological polar surface area (TPSA) is 58.6 Å². The molecular formula is C13H24N2O3. The molecule has 1 heterocycles. The van der Waals surface area contributed by atoms with E-state index >= 15 is 0 Å². The maximum Gasteiger partial charge on any atom is 0.246 e. The van der Waals surface area contributed by atoms with E-state index in [0.29, 0.717) is 26.2 Å². The van der Waals surface area contributed by atoms with E-state index in [1.807, 2.05) is 13.8 Å². The van der Waals surface area contributed by atoms with E-state index in [2.05, 4.69) is 5.32 Å². The van der Waals surface area contributed by atoms with Gasteiger partial charge >= 0.3 is 0 Å². The average Bonchev–Trinajstić information content (AvgIpc) is 2.31. The lowest BCUT2D eigenvalue weighted by Crippen LogP contribution is -2.68. The molecule has 0 saturated carbocycles. The molecule has 1 rings (SSSR count). The molecule has 2 amide bonds. The number of piperazine rings is 1. The zero-order valence-electron chi connectivity index (χ0n) is 11.8. The highest BCUT2D eigenvalue weighted by atomic mass is 16.5. The Morgan fingerprint density at radius 1 is 1.33 bits per heavy atom. The molecule has 1 aliphatic heterocycles. The van der Waals surface area contributed by atoms with Gasteiger partial charge < -0.3 is 15.0 Å². The van der Waals surface area contributed by atoms with E-state index in [0.717, 1.165) is 6.42 Å². The van der Waals surface area contributed by atoms with Gasteiger partial charge in [-0.05, 0) is 27.2 Å². The molecule has 0 radical (unpaired) electrons. The van der Waals surface area contributed by atoms with Crippen molar-refractivity contribution in [2.75, 3.05) is 19.8 Å². The first kappa shape index (κ1) is 15.0.